The summed E-state index contributed by atoms with van der Waals surface area (Å²) < 4.78 is 5.11. The molecule has 0 bridgehead atoms. The molecule has 1 aliphatic rings. The van der Waals surface area contributed by atoms with Gasteiger partial charge in [0.15, 0.2) is 0 Å². The molecule has 7 nitrogen and oxygen atoms in total. The minimum absolute atomic E-state index is 0.0921. The first kappa shape index (κ1) is 14.6. The molecule has 0 spiro atoms. The zero-order valence-electron chi connectivity index (χ0n) is 12.2. The van der Waals surface area contributed by atoms with Crippen molar-refractivity contribution in [2.75, 3.05) is 43.9 Å². The Morgan fingerprint density at radius 1 is 1.32 bits per heavy atom. The lowest BCUT2D eigenvalue weighted by Crippen LogP contribution is -2.49. The summed E-state index contributed by atoms with van der Waals surface area (Å²) in [5, 5.41) is 1.92. The number of ether oxygens (including phenoxy) is 1. The quantitative estimate of drug-likeness (QED) is 0.911. The third-order valence-corrected chi connectivity index (χ3v) is 4.40. The molecule has 0 aromatic carbocycles. The molecule has 1 amide bonds. The van der Waals surface area contributed by atoms with Crippen LogP contribution in [-0.4, -0.2) is 54.1 Å². The fourth-order valence-electron chi connectivity index (χ4n) is 2.39. The number of nitrogen functional groups attached to an aromatic ring is 1. The van der Waals surface area contributed by atoms with Crippen LogP contribution in [0.25, 0.3) is 0 Å². The average molecular weight is 319 g/mol. The van der Waals surface area contributed by atoms with Crippen molar-refractivity contribution in [1.82, 2.24) is 14.9 Å². The number of thiophene rings is 1. The third kappa shape index (κ3) is 2.96. The summed E-state index contributed by atoms with van der Waals surface area (Å²) in [4.78, 5) is 25.3. The molecule has 8 heteroatoms. The fraction of sp³-hybridized carbons (Fsp3) is 0.357. The number of amides is 1. The van der Waals surface area contributed by atoms with Crippen molar-refractivity contribution < 1.29 is 9.53 Å². The maximum Gasteiger partial charge on any atom is 0.264 e. The van der Waals surface area contributed by atoms with Gasteiger partial charge in [-0.05, 0) is 11.4 Å². The molecule has 1 fully saturated rings. The fourth-order valence-corrected chi connectivity index (χ4v) is 3.08. The number of nitrogens with two attached hydrogens (primary N) is 1. The first-order valence-corrected chi connectivity index (χ1v) is 7.81. The number of rotatable bonds is 3. The Labute approximate surface area is 132 Å². The van der Waals surface area contributed by atoms with Crippen molar-refractivity contribution in [2.45, 2.75) is 0 Å². The van der Waals surface area contributed by atoms with E-state index in [1.807, 2.05) is 22.4 Å². The Kier molecular flexibility index (Phi) is 4.10. The summed E-state index contributed by atoms with van der Waals surface area (Å²) in [5.74, 6) is 1.45. The lowest BCUT2D eigenvalue weighted by molar-refractivity contribution is 0.0751. The number of methoxy groups -OCH3 is 1. The van der Waals surface area contributed by atoms with Gasteiger partial charge in [0.25, 0.3) is 5.91 Å². The van der Waals surface area contributed by atoms with Crippen LogP contribution in [0.1, 0.15) is 9.67 Å². The van der Waals surface area contributed by atoms with Crippen LogP contribution in [0.4, 0.5) is 11.8 Å². The lowest BCUT2D eigenvalue weighted by atomic mass is 10.3. The van der Waals surface area contributed by atoms with Crippen molar-refractivity contribution in [2.24, 2.45) is 0 Å². The Bertz CT molecular complexity index is 653. The van der Waals surface area contributed by atoms with Crippen LogP contribution in [0, 0.1) is 0 Å². The van der Waals surface area contributed by atoms with Crippen LogP contribution in [0.5, 0.6) is 5.88 Å². The van der Waals surface area contributed by atoms with Gasteiger partial charge in [-0.25, -0.2) is 0 Å². The highest BCUT2D eigenvalue weighted by Crippen LogP contribution is 2.21. The molecule has 3 heterocycles. The maximum atomic E-state index is 12.3. The lowest BCUT2D eigenvalue weighted by Gasteiger charge is -2.35. The predicted molar refractivity (Wildman–Crippen MR) is 85.4 cm³/mol. The van der Waals surface area contributed by atoms with Gasteiger partial charge in [0.05, 0.1) is 12.0 Å². The molecule has 22 heavy (non-hydrogen) atoms. The molecule has 0 atom stereocenters. The van der Waals surface area contributed by atoms with Gasteiger partial charge in [0.2, 0.25) is 11.8 Å². The van der Waals surface area contributed by atoms with Crippen LogP contribution < -0.4 is 15.4 Å². The first-order chi connectivity index (χ1) is 10.7. The van der Waals surface area contributed by atoms with E-state index >= 15 is 0 Å². The molecule has 2 aromatic heterocycles. The monoisotopic (exact) mass is 319 g/mol. The van der Waals surface area contributed by atoms with E-state index in [0.717, 1.165) is 10.7 Å². The van der Waals surface area contributed by atoms with Gasteiger partial charge in [-0.15, -0.1) is 11.3 Å². The van der Waals surface area contributed by atoms with E-state index in [2.05, 4.69) is 14.9 Å². The number of carbonyl (C=O) groups excluding carboxylic acids is 1. The van der Waals surface area contributed by atoms with Crippen molar-refractivity contribution in [1.29, 1.82) is 0 Å². The zero-order valence-corrected chi connectivity index (χ0v) is 13.0. The highest BCUT2D eigenvalue weighted by Gasteiger charge is 2.23. The van der Waals surface area contributed by atoms with E-state index < -0.39 is 0 Å². The van der Waals surface area contributed by atoms with Crippen molar-refractivity contribution >= 4 is 29.0 Å². The topological polar surface area (TPSA) is 84.6 Å². The highest BCUT2D eigenvalue weighted by atomic mass is 32.1. The smallest absolute Gasteiger partial charge is 0.264 e. The number of nitrogens with zero attached hydrogens (tertiary/aromatic N) is 4. The van der Waals surface area contributed by atoms with Gasteiger partial charge < -0.3 is 20.3 Å². The minimum atomic E-state index is 0.0921. The highest BCUT2D eigenvalue weighted by molar-refractivity contribution is 7.12. The van der Waals surface area contributed by atoms with E-state index in [9.17, 15) is 4.79 Å². The molecule has 3 rings (SSSR count). The van der Waals surface area contributed by atoms with Crippen LogP contribution in [0.2, 0.25) is 0 Å². The van der Waals surface area contributed by atoms with Gasteiger partial charge >= 0.3 is 0 Å². The number of aromatic nitrogens is 2. The van der Waals surface area contributed by atoms with E-state index in [-0.39, 0.29) is 11.9 Å². The van der Waals surface area contributed by atoms with Gasteiger partial charge in [-0.2, -0.15) is 9.97 Å². The van der Waals surface area contributed by atoms with E-state index in [0.29, 0.717) is 32.1 Å². The summed E-state index contributed by atoms with van der Waals surface area (Å²) in [5.41, 5.74) is 5.69. The van der Waals surface area contributed by atoms with Crippen molar-refractivity contribution in [3.63, 3.8) is 0 Å². The molecule has 0 aliphatic carbocycles. The Morgan fingerprint density at radius 2 is 2.09 bits per heavy atom. The summed E-state index contributed by atoms with van der Waals surface area (Å²) in [6.07, 6.45) is 0. The van der Waals surface area contributed by atoms with E-state index in [1.54, 1.807) is 13.2 Å². The number of carbonyl (C=O) groups is 1. The average Bonchev–Trinajstić information content (AvgIpc) is 3.08. The van der Waals surface area contributed by atoms with Gasteiger partial charge in [0, 0.05) is 32.2 Å². The maximum absolute atomic E-state index is 12.3. The van der Waals surface area contributed by atoms with E-state index in [1.165, 1.54) is 11.3 Å². The summed E-state index contributed by atoms with van der Waals surface area (Å²) in [6.45, 7) is 2.72. The van der Waals surface area contributed by atoms with Gasteiger partial charge in [-0.1, -0.05) is 6.07 Å². The second-order valence-corrected chi connectivity index (χ2v) is 5.83. The van der Waals surface area contributed by atoms with Crippen molar-refractivity contribution in [3.05, 3.63) is 28.5 Å². The molecule has 2 aromatic rings. The molecule has 0 radical (unpaired) electrons. The minimum Gasteiger partial charge on any atom is -0.481 e. The van der Waals surface area contributed by atoms with Crippen molar-refractivity contribution in [3.8, 4) is 5.88 Å². The Morgan fingerprint density at radius 3 is 2.73 bits per heavy atom. The third-order valence-electron chi connectivity index (χ3n) is 3.54. The van der Waals surface area contributed by atoms with Gasteiger partial charge in [0.1, 0.15) is 5.82 Å². The molecule has 2 N–H and O–H groups in total. The zero-order chi connectivity index (χ0) is 15.5. The molecule has 0 saturated carbocycles. The van der Waals surface area contributed by atoms with Crippen LogP contribution in [0.15, 0.2) is 23.6 Å². The summed E-state index contributed by atoms with van der Waals surface area (Å²) in [6, 6.07) is 5.51. The molecular weight excluding hydrogens is 302 g/mol. The predicted octanol–water partition coefficient (Wildman–Crippen LogP) is 1.09. The summed E-state index contributed by atoms with van der Waals surface area (Å²) >= 11 is 1.47. The normalized spacial score (nSPS) is 15.0. The van der Waals surface area contributed by atoms with Gasteiger partial charge in [-0.3, -0.25) is 4.79 Å². The SMILES string of the molecule is COc1cc(N2CCN(C(=O)c3cccs3)CC2)nc(N)n1. The molecular formula is C14H17N5O2S. The Hall–Kier alpha value is -2.35. The Balaban J connectivity index is 1.67. The second-order valence-electron chi connectivity index (χ2n) is 4.88. The molecule has 1 aliphatic heterocycles. The first-order valence-electron chi connectivity index (χ1n) is 6.93. The number of hydrogen-bond donors (Lipinski definition) is 1. The largest absolute Gasteiger partial charge is 0.481 e. The number of hydrogen-bond acceptors (Lipinski definition) is 7. The van der Waals surface area contributed by atoms with Crippen LogP contribution in [-0.2, 0) is 0 Å². The molecule has 116 valence electrons. The van der Waals surface area contributed by atoms with Crippen LogP contribution in [0.3, 0.4) is 0 Å². The molecule has 1 saturated heterocycles. The number of anilines is 2. The van der Waals surface area contributed by atoms with E-state index in [4.69, 9.17) is 10.5 Å². The van der Waals surface area contributed by atoms with Crippen LogP contribution >= 0.6 is 11.3 Å². The number of piperazine rings is 1. The second kappa shape index (κ2) is 6.18. The standard InChI is InChI=1S/C14H17N5O2S/c1-21-12-9-11(16-14(15)17-12)18-4-6-19(7-5-18)13(20)10-3-2-8-22-10/h2-3,8-9H,4-7H2,1H3,(H2,15,16,17). The molecule has 0 unspecified atom stereocenters. The summed E-state index contributed by atoms with van der Waals surface area (Å²) in [7, 11) is 1.54.